The molecule has 1 N–H and O–H groups in total. The Kier molecular flexibility index (Phi) is 4.24. The second-order valence-electron chi connectivity index (χ2n) is 5.43. The van der Waals surface area contributed by atoms with E-state index in [-0.39, 0.29) is 0 Å². The smallest absolute Gasteiger partial charge is 0.122 e. The molecule has 3 heteroatoms. The Labute approximate surface area is 104 Å². The van der Waals surface area contributed by atoms with Crippen LogP contribution in [0.15, 0.2) is 16.7 Å². The van der Waals surface area contributed by atoms with Gasteiger partial charge in [-0.25, -0.2) is 0 Å². The van der Waals surface area contributed by atoms with Crippen molar-refractivity contribution in [1.82, 2.24) is 10.2 Å². The highest BCUT2D eigenvalue weighted by Crippen LogP contribution is 2.25. The van der Waals surface area contributed by atoms with Crippen LogP contribution in [0.3, 0.4) is 0 Å². The molecule has 0 radical (unpaired) electrons. The third kappa shape index (κ3) is 3.11. The predicted molar refractivity (Wildman–Crippen MR) is 69.7 cm³/mol. The second kappa shape index (κ2) is 5.69. The molecule has 1 aliphatic rings. The summed E-state index contributed by atoms with van der Waals surface area (Å²) in [5.74, 6) is 2.76. The van der Waals surface area contributed by atoms with Crippen LogP contribution in [-0.4, -0.2) is 25.0 Å². The van der Waals surface area contributed by atoms with Crippen molar-refractivity contribution in [1.29, 1.82) is 0 Å². The van der Waals surface area contributed by atoms with E-state index in [2.05, 4.69) is 30.1 Å². The van der Waals surface area contributed by atoms with Gasteiger partial charge in [0.25, 0.3) is 0 Å². The Morgan fingerprint density at radius 2 is 2.35 bits per heavy atom. The van der Waals surface area contributed by atoms with Crippen LogP contribution in [0.2, 0.25) is 0 Å². The van der Waals surface area contributed by atoms with Gasteiger partial charge in [-0.3, -0.25) is 4.90 Å². The van der Waals surface area contributed by atoms with E-state index in [0.717, 1.165) is 30.7 Å². The van der Waals surface area contributed by atoms with E-state index in [1.54, 1.807) is 6.26 Å². The maximum Gasteiger partial charge on any atom is 0.122 e. The summed E-state index contributed by atoms with van der Waals surface area (Å²) in [4.78, 5) is 2.55. The lowest BCUT2D eigenvalue weighted by Gasteiger charge is -2.17. The van der Waals surface area contributed by atoms with Crippen molar-refractivity contribution in [3.8, 4) is 0 Å². The highest BCUT2D eigenvalue weighted by Gasteiger charge is 2.25. The van der Waals surface area contributed by atoms with Crippen LogP contribution in [0.5, 0.6) is 0 Å². The number of furan rings is 1. The summed E-state index contributed by atoms with van der Waals surface area (Å²) in [5.41, 5.74) is 1.34. The minimum absolute atomic E-state index is 0.807. The summed E-state index contributed by atoms with van der Waals surface area (Å²) < 4.78 is 5.50. The molecule has 1 aromatic rings. The van der Waals surface area contributed by atoms with E-state index in [4.69, 9.17) is 4.42 Å². The lowest BCUT2D eigenvalue weighted by atomic mass is 9.95. The average Bonchev–Trinajstić information content (AvgIpc) is 2.90. The molecule has 1 fully saturated rings. The summed E-state index contributed by atoms with van der Waals surface area (Å²) in [6, 6.07) is 2.11. The molecule has 2 rings (SSSR count). The third-order valence-corrected chi connectivity index (χ3v) is 3.82. The van der Waals surface area contributed by atoms with Crippen LogP contribution < -0.4 is 5.32 Å². The molecule has 0 spiro atoms. The highest BCUT2D eigenvalue weighted by molar-refractivity contribution is 5.17. The van der Waals surface area contributed by atoms with Crippen molar-refractivity contribution < 1.29 is 4.42 Å². The van der Waals surface area contributed by atoms with Gasteiger partial charge in [0.15, 0.2) is 0 Å². The summed E-state index contributed by atoms with van der Waals surface area (Å²) in [6.45, 7) is 8.99. The summed E-state index contributed by atoms with van der Waals surface area (Å²) in [7, 11) is 1.96. The molecule has 0 saturated carbocycles. The average molecular weight is 236 g/mol. The van der Waals surface area contributed by atoms with Gasteiger partial charge in [0.05, 0.1) is 12.8 Å². The highest BCUT2D eigenvalue weighted by atomic mass is 16.3. The number of likely N-dealkylation sites (tertiary alicyclic amines) is 1. The monoisotopic (exact) mass is 236 g/mol. The van der Waals surface area contributed by atoms with E-state index < -0.39 is 0 Å². The van der Waals surface area contributed by atoms with Gasteiger partial charge in [0.1, 0.15) is 5.76 Å². The Morgan fingerprint density at radius 1 is 1.53 bits per heavy atom. The first kappa shape index (κ1) is 12.7. The lowest BCUT2D eigenvalue weighted by molar-refractivity contribution is 0.294. The zero-order chi connectivity index (χ0) is 12.3. The van der Waals surface area contributed by atoms with Crippen molar-refractivity contribution in [2.45, 2.75) is 33.4 Å². The van der Waals surface area contributed by atoms with Gasteiger partial charge in [0, 0.05) is 18.7 Å². The fourth-order valence-corrected chi connectivity index (χ4v) is 2.61. The van der Waals surface area contributed by atoms with Gasteiger partial charge in [-0.1, -0.05) is 13.8 Å². The maximum absolute atomic E-state index is 5.50. The Morgan fingerprint density at radius 3 is 3.00 bits per heavy atom. The molecular formula is C14H24N2O. The topological polar surface area (TPSA) is 28.4 Å². The van der Waals surface area contributed by atoms with Crippen LogP contribution in [0.4, 0.5) is 0 Å². The summed E-state index contributed by atoms with van der Waals surface area (Å²) >= 11 is 0. The summed E-state index contributed by atoms with van der Waals surface area (Å²) in [5, 5.41) is 3.15. The third-order valence-electron chi connectivity index (χ3n) is 3.82. The van der Waals surface area contributed by atoms with Crippen molar-refractivity contribution in [3.05, 3.63) is 23.7 Å². The van der Waals surface area contributed by atoms with Crippen molar-refractivity contribution in [3.63, 3.8) is 0 Å². The molecule has 0 aromatic carbocycles. The van der Waals surface area contributed by atoms with Gasteiger partial charge < -0.3 is 9.73 Å². The van der Waals surface area contributed by atoms with Gasteiger partial charge in [0.2, 0.25) is 0 Å². The summed E-state index contributed by atoms with van der Waals surface area (Å²) in [6.07, 6.45) is 3.15. The molecule has 1 saturated heterocycles. The molecule has 0 bridgehead atoms. The minimum Gasteiger partial charge on any atom is -0.468 e. The Bertz CT molecular complexity index is 346. The molecule has 1 atom stereocenters. The zero-order valence-corrected chi connectivity index (χ0v) is 11.2. The zero-order valence-electron chi connectivity index (χ0n) is 11.2. The molecule has 17 heavy (non-hydrogen) atoms. The molecule has 0 amide bonds. The molecule has 96 valence electrons. The van der Waals surface area contributed by atoms with Crippen LogP contribution in [0.1, 0.15) is 31.6 Å². The van der Waals surface area contributed by atoms with E-state index in [9.17, 15) is 0 Å². The first-order chi connectivity index (χ1) is 8.20. The van der Waals surface area contributed by atoms with Crippen molar-refractivity contribution >= 4 is 0 Å². The quantitative estimate of drug-likeness (QED) is 0.851. The molecule has 1 aromatic heterocycles. The molecule has 1 unspecified atom stereocenters. The second-order valence-corrected chi connectivity index (χ2v) is 5.43. The molecule has 2 heterocycles. The fourth-order valence-electron chi connectivity index (χ4n) is 2.61. The number of nitrogens with one attached hydrogen (secondary N) is 1. The molecular weight excluding hydrogens is 212 g/mol. The van der Waals surface area contributed by atoms with E-state index in [1.807, 2.05) is 7.05 Å². The Balaban J connectivity index is 1.91. The van der Waals surface area contributed by atoms with E-state index >= 15 is 0 Å². The van der Waals surface area contributed by atoms with Crippen LogP contribution in [-0.2, 0) is 13.1 Å². The van der Waals surface area contributed by atoms with E-state index in [1.165, 1.54) is 25.1 Å². The van der Waals surface area contributed by atoms with Crippen LogP contribution in [0.25, 0.3) is 0 Å². The Hall–Kier alpha value is -0.800. The van der Waals surface area contributed by atoms with Crippen LogP contribution in [0, 0.1) is 11.8 Å². The van der Waals surface area contributed by atoms with Gasteiger partial charge in [-0.15, -0.1) is 0 Å². The SMILES string of the molecule is CNCc1occc1CN1CCC(C(C)C)C1. The standard InChI is InChI=1S/C14H24N2O/c1-11(2)12-4-6-16(9-12)10-13-5-7-17-14(13)8-15-3/h5,7,11-12,15H,4,6,8-10H2,1-3H3. The number of hydrogen-bond donors (Lipinski definition) is 1. The van der Waals surface area contributed by atoms with Crippen molar-refractivity contribution in [2.24, 2.45) is 11.8 Å². The van der Waals surface area contributed by atoms with E-state index in [0.29, 0.717) is 0 Å². The predicted octanol–water partition coefficient (Wildman–Crippen LogP) is 2.48. The first-order valence-electron chi connectivity index (χ1n) is 6.63. The van der Waals surface area contributed by atoms with Gasteiger partial charge in [-0.2, -0.15) is 0 Å². The largest absolute Gasteiger partial charge is 0.468 e. The normalized spacial score (nSPS) is 21.5. The first-order valence-corrected chi connectivity index (χ1v) is 6.63. The van der Waals surface area contributed by atoms with Crippen molar-refractivity contribution in [2.75, 3.05) is 20.1 Å². The number of hydrogen-bond acceptors (Lipinski definition) is 3. The van der Waals surface area contributed by atoms with Gasteiger partial charge >= 0.3 is 0 Å². The lowest BCUT2D eigenvalue weighted by Crippen LogP contribution is -2.22. The molecule has 3 nitrogen and oxygen atoms in total. The molecule has 1 aliphatic heterocycles. The van der Waals surface area contributed by atoms with Crippen LogP contribution >= 0.6 is 0 Å². The number of rotatable bonds is 5. The van der Waals surface area contributed by atoms with Gasteiger partial charge in [-0.05, 0) is 37.9 Å². The molecule has 0 aliphatic carbocycles. The minimum atomic E-state index is 0.807. The fraction of sp³-hybridized carbons (Fsp3) is 0.714. The number of nitrogens with zero attached hydrogens (tertiary/aromatic N) is 1. The maximum atomic E-state index is 5.50.